The van der Waals surface area contributed by atoms with Gasteiger partial charge in [-0.2, -0.15) is 0 Å². The van der Waals surface area contributed by atoms with Crippen molar-refractivity contribution < 1.29 is 11.0 Å². The highest BCUT2D eigenvalue weighted by atomic mass is 16.1. The van der Waals surface area contributed by atoms with Crippen molar-refractivity contribution in [1.29, 1.82) is 0 Å². The third-order valence-electron chi connectivity index (χ3n) is 7.63. The number of carbonyl (C=O) groups is 2. The van der Waals surface area contributed by atoms with Crippen LogP contribution in [0.3, 0.4) is 0 Å². The number of benzene rings is 1. The second kappa shape index (κ2) is 13.8. The van der Waals surface area contributed by atoms with Crippen LogP contribution in [-0.2, 0) is 16.0 Å². The molecule has 1 N–H and O–H groups in total. The molecule has 184 valence electrons. The highest BCUT2D eigenvalue weighted by Crippen LogP contribution is 2.30. The SMILES string of the molecule is CC(=O)CCC1CCCCC1.CNC1/N=C(/C2CCCCC2)c2ccccc2CCCC1=O.[HH]. The van der Waals surface area contributed by atoms with E-state index in [0.29, 0.717) is 18.1 Å². The molecule has 1 aromatic rings. The molecule has 0 bridgehead atoms. The molecular weight excluding hydrogens is 408 g/mol. The van der Waals surface area contributed by atoms with E-state index in [0.717, 1.165) is 31.6 Å². The fourth-order valence-electron chi connectivity index (χ4n) is 5.67. The van der Waals surface area contributed by atoms with E-state index in [1.54, 1.807) is 6.92 Å². The minimum Gasteiger partial charge on any atom is -0.300 e. The zero-order valence-corrected chi connectivity index (χ0v) is 20.9. The van der Waals surface area contributed by atoms with E-state index in [4.69, 9.17) is 4.99 Å². The van der Waals surface area contributed by atoms with Crippen LogP contribution in [0, 0.1) is 11.8 Å². The van der Waals surface area contributed by atoms with Crippen molar-refractivity contribution in [2.75, 3.05) is 7.05 Å². The normalized spacial score (nSPS) is 24.2. The van der Waals surface area contributed by atoms with Crippen LogP contribution >= 0.6 is 0 Å². The Morgan fingerprint density at radius 3 is 2.30 bits per heavy atom. The van der Waals surface area contributed by atoms with E-state index in [1.807, 2.05) is 7.05 Å². The number of nitrogens with one attached hydrogen (secondary N) is 1. The molecule has 4 nitrogen and oxygen atoms in total. The molecule has 1 atom stereocenters. The summed E-state index contributed by atoms with van der Waals surface area (Å²) in [6, 6.07) is 8.61. The summed E-state index contributed by atoms with van der Waals surface area (Å²) in [4.78, 5) is 28.0. The molecule has 3 aliphatic rings. The summed E-state index contributed by atoms with van der Waals surface area (Å²) in [7, 11) is 1.84. The molecule has 1 heterocycles. The largest absolute Gasteiger partial charge is 0.300 e. The van der Waals surface area contributed by atoms with Crippen LogP contribution in [0.1, 0.15) is 109 Å². The van der Waals surface area contributed by atoms with Gasteiger partial charge in [0.05, 0.1) is 0 Å². The summed E-state index contributed by atoms with van der Waals surface area (Å²) in [6.07, 6.45) is 17.3. The van der Waals surface area contributed by atoms with Gasteiger partial charge in [-0.1, -0.05) is 75.6 Å². The van der Waals surface area contributed by atoms with Gasteiger partial charge in [-0.15, -0.1) is 0 Å². The van der Waals surface area contributed by atoms with Crippen LogP contribution in [0.15, 0.2) is 29.3 Å². The maximum Gasteiger partial charge on any atom is 0.171 e. The molecule has 2 aliphatic carbocycles. The van der Waals surface area contributed by atoms with Gasteiger partial charge in [0, 0.05) is 25.9 Å². The Hall–Kier alpha value is -1.81. The molecule has 0 spiro atoms. The molecule has 0 radical (unpaired) electrons. The van der Waals surface area contributed by atoms with Crippen LogP contribution in [0.5, 0.6) is 0 Å². The first-order valence-electron chi connectivity index (χ1n) is 13.4. The summed E-state index contributed by atoms with van der Waals surface area (Å²) in [6.45, 7) is 1.70. The molecule has 0 saturated heterocycles. The number of hydrogen-bond acceptors (Lipinski definition) is 4. The number of nitrogens with zero attached hydrogens (tertiary/aromatic N) is 1. The zero-order valence-electron chi connectivity index (χ0n) is 20.9. The molecule has 33 heavy (non-hydrogen) atoms. The number of aryl methyl sites for hydroxylation is 1. The first-order valence-corrected chi connectivity index (χ1v) is 13.4. The Morgan fingerprint density at radius 2 is 1.64 bits per heavy atom. The molecule has 4 rings (SSSR count). The maximum absolute atomic E-state index is 12.4. The summed E-state index contributed by atoms with van der Waals surface area (Å²) >= 11 is 0. The quantitative estimate of drug-likeness (QED) is 0.539. The molecule has 1 unspecified atom stereocenters. The molecular formula is C29H46N2O2. The molecule has 1 aromatic carbocycles. The molecule has 0 aromatic heterocycles. The first kappa shape index (κ1) is 25.8. The second-order valence-corrected chi connectivity index (χ2v) is 10.3. The van der Waals surface area contributed by atoms with Crippen molar-refractivity contribution in [2.45, 2.75) is 109 Å². The summed E-state index contributed by atoms with van der Waals surface area (Å²) in [5.74, 6) is 1.96. The van der Waals surface area contributed by atoms with Gasteiger partial charge in [0.15, 0.2) is 11.9 Å². The zero-order chi connectivity index (χ0) is 23.5. The van der Waals surface area contributed by atoms with Crippen LogP contribution < -0.4 is 5.32 Å². The summed E-state index contributed by atoms with van der Waals surface area (Å²) < 4.78 is 0. The van der Waals surface area contributed by atoms with Gasteiger partial charge in [0.25, 0.3) is 0 Å². The number of hydrogen-bond donors (Lipinski definition) is 1. The van der Waals surface area contributed by atoms with Crippen molar-refractivity contribution in [2.24, 2.45) is 16.8 Å². The minimum atomic E-state index is -0.372. The molecule has 0 amide bonds. The smallest absolute Gasteiger partial charge is 0.171 e. The van der Waals surface area contributed by atoms with Gasteiger partial charge in [0.1, 0.15) is 5.78 Å². The highest BCUT2D eigenvalue weighted by molar-refractivity contribution is 6.05. The molecule has 4 heteroatoms. The third kappa shape index (κ3) is 8.17. The molecule has 2 saturated carbocycles. The van der Waals surface area contributed by atoms with Gasteiger partial charge in [-0.05, 0) is 63.1 Å². The number of ketones is 2. The number of likely N-dealkylation sites (N-methyl/N-ethyl adjacent to an activating group) is 1. The summed E-state index contributed by atoms with van der Waals surface area (Å²) in [5, 5.41) is 3.11. The van der Waals surface area contributed by atoms with Crippen molar-refractivity contribution in [3.8, 4) is 0 Å². The van der Waals surface area contributed by atoms with E-state index in [9.17, 15) is 9.59 Å². The van der Waals surface area contributed by atoms with Gasteiger partial charge < -0.3 is 4.79 Å². The fraction of sp³-hybridized carbons (Fsp3) is 0.690. The van der Waals surface area contributed by atoms with Crippen LogP contribution in [0.2, 0.25) is 0 Å². The van der Waals surface area contributed by atoms with E-state index >= 15 is 0 Å². The van der Waals surface area contributed by atoms with E-state index < -0.39 is 0 Å². The number of rotatable bonds is 5. The Kier molecular flexibility index (Phi) is 10.8. The van der Waals surface area contributed by atoms with Gasteiger partial charge in [-0.3, -0.25) is 15.1 Å². The Bertz CT molecular complexity index is 795. The maximum atomic E-state index is 12.4. The highest BCUT2D eigenvalue weighted by Gasteiger charge is 2.26. The number of fused-ring (bicyclic) bond motifs is 1. The minimum absolute atomic E-state index is 0. The standard InChI is InChI=1S/C19H26N2O.C10H18O.H2/c1-20-19-17(22)13-7-11-14-8-5-6-12-16(14)18(21-19)15-9-3-2-4-10-15;1-9(11)7-8-10-5-3-2-4-6-10;/h5-6,8,12,15,19-20H,2-4,7,9-11,13H2,1H3;10H,2-8H2,1H3;1H/b21-18-;;. The number of aliphatic imine (C=N–C) groups is 1. The average Bonchev–Trinajstić information content (AvgIpc) is 2.92. The van der Waals surface area contributed by atoms with Gasteiger partial charge in [0.2, 0.25) is 0 Å². The third-order valence-corrected chi connectivity index (χ3v) is 7.63. The number of Topliss-reactive ketones (excluding diaryl/α,β-unsaturated/α-hetero) is 2. The van der Waals surface area contributed by atoms with Crippen LogP contribution in [0.4, 0.5) is 0 Å². The lowest BCUT2D eigenvalue weighted by Crippen LogP contribution is -2.34. The first-order chi connectivity index (χ1) is 16.1. The Balaban J connectivity index is 0.000000289. The fourth-order valence-corrected chi connectivity index (χ4v) is 5.67. The predicted octanol–water partition coefficient (Wildman–Crippen LogP) is 6.69. The van der Waals surface area contributed by atoms with E-state index in [1.165, 1.54) is 81.0 Å². The summed E-state index contributed by atoms with van der Waals surface area (Å²) in [5.41, 5.74) is 3.81. The number of carbonyl (C=O) groups excluding carboxylic acids is 2. The van der Waals surface area contributed by atoms with E-state index in [2.05, 4.69) is 29.6 Å². The Labute approximate surface area is 202 Å². The average molecular weight is 455 g/mol. The van der Waals surface area contributed by atoms with Crippen molar-refractivity contribution in [1.82, 2.24) is 5.32 Å². The lowest BCUT2D eigenvalue weighted by atomic mass is 9.81. The topological polar surface area (TPSA) is 58.5 Å². The lowest BCUT2D eigenvalue weighted by molar-refractivity contribution is -0.121. The van der Waals surface area contributed by atoms with Crippen molar-refractivity contribution >= 4 is 17.3 Å². The second-order valence-electron chi connectivity index (χ2n) is 10.3. The Morgan fingerprint density at radius 1 is 0.970 bits per heavy atom. The van der Waals surface area contributed by atoms with Crippen LogP contribution in [-0.4, -0.2) is 30.5 Å². The van der Waals surface area contributed by atoms with E-state index in [-0.39, 0.29) is 13.4 Å². The lowest BCUT2D eigenvalue weighted by Gasteiger charge is -2.26. The van der Waals surface area contributed by atoms with Crippen molar-refractivity contribution in [3.05, 3.63) is 35.4 Å². The van der Waals surface area contributed by atoms with Gasteiger partial charge >= 0.3 is 0 Å². The monoisotopic (exact) mass is 454 g/mol. The van der Waals surface area contributed by atoms with Crippen molar-refractivity contribution in [3.63, 3.8) is 0 Å². The molecule has 1 aliphatic heterocycles. The molecule has 2 fully saturated rings. The predicted molar refractivity (Wildman–Crippen MR) is 139 cm³/mol. The van der Waals surface area contributed by atoms with Gasteiger partial charge in [-0.25, -0.2) is 0 Å². The van der Waals surface area contributed by atoms with Crippen LogP contribution in [0.25, 0.3) is 0 Å².